The summed E-state index contributed by atoms with van der Waals surface area (Å²) in [6.45, 7) is 3.13. The molecule has 21 heavy (non-hydrogen) atoms. The standard InChI is InChI=1S/C16H22N2O2S/c1-3-4-11-21(19,20)18-10-9-14-13-7-5-6-8-15(13)17(2)16(14)12-18/h5-8H,3-4,9-12H2,1-2H3. The Hall–Kier alpha value is -1.33. The zero-order valence-electron chi connectivity index (χ0n) is 12.7. The normalized spacial score (nSPS) is 16.3. The molecule has 2 heterocycles. The molecule has 0 unspecified atom stereocenters. The Morgan fingerprint density at radius 3 is 2.76 bits per heavy atom. The number of sulfonamides is 1. The van der Waals surface area contributed by atoms with Crippen LogP contribution in [-0.4, -0.2) is 29.6 Å². The summed E-state index contributed by atoms with van der Waals surface area (Å²) in [6, 6.07) is 8.31. The average Bonchev–Trinajstić information content (AvgIpc) is 2.79. The quantitative estimate of drug-likeness (QED) is 0.871. The van der Waals surface area contributed by atoms with E-state index in [-0.39, 0.29) is 5.75 Å². The number of hydrogen-bond donors (Lipinski definition) is 0. The van der Waals surface area contributed by atoms with Crippen LogP contribution in [0.2, 0.25) is 0 Å². The van der Waals surface area contributed by atoms with Crippen LogP contribution in [0.1, 0.15) is 31.0 Å². The Labute approximate surface area is 126 Å². The van der Waals surface area contributed by atoms with Crippen LogP contribution in [0.25, 0.3) is 10.9 Å². The maximum absolute atomic E-state index is 12.4. The molecule has 0 bridgehead atoms. The maximum atomic E-state index is 12.4. The van der Waals surface area contributed by atoms with Crippen LogP contribution in [-0.2, 0) is 30.0 Å². The third-order valence-electron chi connectivity index (χ3n) is 4.43. The molecule has 3 rings (SSSR count). The molecule has 0 fully saturated rings. The second-order valence-corrected chi connectivity index (χ2v) is 7.84. The topological polar surface area (TPSA) is 42.3 Å². The number of para-hydroxylation sites is 1. The molecule has 0 spiro atoms. The molecule has 2 aromatic rings. The molecule has 0 radical (unpaired) electrons. The van der Waals surface area contributed by atoms with Gasteiger partial charge in [-0.1, -0.05) is 31.5 Å². The smallest absolute Gasteiger partial charge is 0.214 e. The van der Waals surface area contributed by atoms with E-state index in [1.54, 1.807) is 4.31 Å². The van der Waals surface area contributed by atoms with E-state index in [9.17, 15) is 8.42 Å². The van der Waals surface area contributed by atoms with Crippen LogP contribution >= 0.6 is 0 Å². The number of aryl methyl sites for hydroxylation is 1. The van der Waals surface area contributed by atoms with Crippen molar-refractivity contribution in [3.05, 3.63) is 35.5 Å². The third-order valence-corrected chi connectivity index (χ3v) is 6.33. The van der Waals surface area contributed by atoms with Gasteiger partial charge in [-0.05, 0) is 24.5 Å². The first-order valence-electron chi connectivity index (χ1n) is 7.57. The summed E-state index contributed by atoms with van der Waals surface area (Å²) in [5, 5.41) is 1.26. The molecule has 1 aliphatic heterocycles. The second kappa shape index (κ2) is 5.46. The van der Waals surface area contributed by atoms with Crippen molar-refractivity contribution in [3.63, 3.8) is 0 Å². The highest BCUT2D eigenvalue weighted by Crippen LogP contribution is 2.30. The van der Waals surface area contributed by atoms with Gasteiger partial charge in [0.05, 0.1) is 12.3 Å². The minimum absolute atomic E-state index is 0.267. The average molecular weight is 306 g/mol. The number of fused-ring (bicyclic) bond motifs is 3. The van der Waals surface area contributed by atoms with Crippen LogP contribution in [0.3, 0.4) is 0 Å². The van der Waals surface area contributed by atoms with Crippen LogP contribution < -0.4 is 0 Å². The van der Waals surface area contributed by atoms with Gasteiger partial charge in [-0.15, -0.1) is 0 Å². The summed E-state index contributed by atoms with van der Waals surface area (Å²) in [6.07, 6.45) is 2.45. The zero-order chi connectivity index (χ0) is 15.0. The summed E-state index contributed by atoms with van der Waals surface area (Å²) < 4.78 is 28.6. The van der Waals surface area contributed by atoms with Gasteiger partial charge < -0.3 is 4.57 Å². The first-order valence-corrected chi connectivity index (χ1v) is 9.18. The lowest BCUT2D eigenvalue weighted by Gasteiger charge is -2.27. The Balaban J connectivity index is 1.96. The van der Waals surface area contributed by atoms with Gasteiger partial charge >= 0.3 is 0 Å². The van der Waals surface area contributed by atoms with Gasteiger partial charge in [-0.3, -0.25) is 0 Å². The number of nitrogens with zero attached hydrogens (tertiary/aromatic N) is 2. The molecule has 0 aliphatic carbocycles. The SMILES string of the molecule is CCCCS(=O)(=O)N1CCc2c(n(C)c3ccccc23)C1. The molecule has 1 aromatic heterocycles. The summed E-state index contributed by atoms with van der Waals surface area (Å²) >= 11 is 0. The summed E-state index contributed by atoms with van der Waals surface area (Å²) in [5.41, 5.74) is 3.65. The van der Waals surface area contributed by atoms with Crippen molar-refractivity contribution in [2.24, 2.45) is 7.05 Å². The number of rotatable bonds is 4. The molecule has 0 atom stereocenters. The van der Waals surface area contributed by atoms with Crippen molar-refractivity contribution in [3.8, 4) is 0 Å². The minimum Gasteiger partial charge on any atom is -0.346 e. The van der Waals surface area contributed by atoms with E-state index in [0.717, 1.165) is 25.0 Å². The van der Waals surface area contributed by atoms with Gasteiger partial charge in [0, 0.05) is 30.2 Å². The first kappa shape index (κ1) is 14.6. The molecule has 0 N–H and O–H groups in total. The molecule has 0 saturated heterocycles. The first-order chi connectivity index (χ1) is 10.0. The van der Waals surface area contributed by atoms with Crippen molar-refractivity contribution >= 4 is 20.9 Å². The molecule has 114 valence electrons. The van der Waals surface area contributed by atoms with E-state index in [4.69, 9.17) is 0 Å². The van der Waals surface area contributed by atoms with Crippen molar-refractivity contribution in [2.75, 3.05) is 12.3 Å². The van der Waals surface area contributed by atoms with E-state index < -0.39 is 10.0 Å². The molecule has 1 aliphatic rings. The molecule has 0 amide bonds. The Kier molecular flexibility index (Phi) is 3.80. The van der Waals surface area contributed by atoms with E-state index >= 15 is 0 Å². The van der Waals surface area contributed by atoms with Crippen molar-refractivity contribution in [2.45, 2.75) is 32.7 Å². The lowest BCUT2D eigenvalue weighted by molar-refractivity contribution is 0.382. The highest BCUT2D eigenvalue weighted by molar-refractivity contribution is 7.89. The third kappa shape index (κ3) is 2.49. The molecule has 5 heteroatoms. The number of hydrogen-bond acceptors (Lipinski definition) is 2. The minimum atomic E-state index is -3.12. The Bertz CT molecular complexity index is 762. The van der Waals surface area contributed by atoms with Gasteiger partial charge in [0.25, 0.3) is 0 Å². The Morgan fingerprint density at radius 1 is 1.24 bits per heavy atom. The van der Waals surface area contributed by atoms with Gasteiger partial charge in [-0.2, -0.15) is 4.31 Å². The lowest BCUT2D eigenvalue weighted by atomic mass is 10.1. The summed E-state index contributed by atoms with van der Waals surface area (Å²) in [7, 11) is -1.09. The predicted molar refractivity (Wildman–Crippen MR) is 85.7 cm³/mol. The highest BCUT2D eigenvalue weighted by Gasteiger charge is 2.29. The molecule has 0 saturated carbocycles. The largest absolute Gasteiger partial charge is 0.346 e. The number of unbranched alkanes of at least 4 members (excludes halogenated alkanes) is 1. The fourth-order valence-corrected chi connectivity index (χ4v) is 4.78. The Morgan fingerprint density at radius 2 is 2.00 bits per heavy atom. The monoisotopic (exact) mass is 306 g/mol. The van der Waals surface area contributed by atoms with E-state index in [1.165, 1.54) is 16.5 Å². The van der Waals surface area contributed by atoms with Gasteiger partial charge in [0.2, 0.25) is 10.0 Å². The zero-order valence-corrected chi connectivity index (χ0v) is 13.5. The fourth-order valence-electron chi connectivity index (χ4n) is 3.18. The van der Waals surface area contributed by atoms with E-state index in [0.29, 0.717) is 13.1 Å². The molecular formula is C16H22N2O2S. The highest BCUT2D eigenvalue weighted by atomic mass is 32.2. The van der Waals surface area contributed by atoms with E-state index in [1.807, 2.05) is 26.1 Å². The van der Waals surface area contributed by atoms with Gasteiger partial charge in [0.15, 0.2) is 0 Å². The van der Waals surface area contributed by atoms with Crippen LogP contribution in [0.4, 0.5) is 0 Å². The van der Waals surface area contributed by atoms with Crippen molar-refractivity contribution < 1.29 is 8.42 Å². The lowest BCUT2D eigenvalue weighted by Crippen LogP contribution is -2.37. The van der Waals surface area contributed by atoms with Gasteiger partial charge in [-0.25, -0.2) is 8.42 Å². The summed E-state index contributed by atoms with van der Waals surface area (Å²) in [4.78, 5) is 0. The van der Waals surface area contributed by atoms with Crippen molar-refractivity contribution in [1.82, 2.24) is 8.87 Å². The molecule has 1 aromatic carbocycles. The van der Waals surface area contributed by atoms with Gasteiger partial charge in [0.1, 0.15) is 0 Å². The van der Waals surface area contributed by atoms with Crippen LogP contribution in [0.15, 0.2) is 24.3 Å². The van der Waals surface area contributed by atoms with E-state index in [2.05, 4.69) is 16.7 Å². The van der Waals surface area contributed by atoms with Crippen molar-refractivity contribution in [1.29, 1.82) is 0 Å². The van der Waals surface area contributed by atoms with Crippen LogP contribution in [0, 0.1) is 0 Å². The predicted octanol–water partition coefficient (Wildman–Crippen LogP) is 2.67. The number of aromatic nitrogens is 1. The maximum Gasteiger partial charge on any atom is 0.214 e. The number of benzene rings is 1. The summed E-state index contributed by atoms with van der Waals surface area (Å²) in [5.74, 6) is 0.267. The van der Waals surface area contributed by atoms with Crippen LogP contribution in [0.5, 0.6) is 0 Å². The fraction of sp³-hybridized carbons (Fsp3) is 0.500. The molecule has 4 nitrogen and oxygen atoms in total. The molecular weight excluding hydrogens is 284 g/mol. The second-order valence-electron chi connectivity index (χ2n) is 5.75.